The fourth-order valence-corrected chi connectivity index (χ4v) is 1.65. The molecule has 0 aliphatic heterocycles. The van der Waals surface area contributed by atoms with Gasteiger partial charge in [0.1, 0.15) is 5.82 Å². The number of aryl methyl sites for hydroxylation is 1. The summed E-state index contributed by atoms with van der Waals surface area (Å²) in [4.78, 5) is 1.36. The van der Waals surface area contributed by atoms with Crippen LogP contribution < -0.4 is 5.73 Å². The van der Waals surface area contributed by atoms with Crippen molar-refractivity contribution in [2.24, 2.45) is 12.8 Å². The lowest BCUT2D eigenvalue weighted by Crippen LogP contribution is -2.14. The molecule has 0 spiro atoms. The van der Waals surface area contributed by atoms with Gasteiger partial charge in [-0.25, -0.2) is 4.39 Å². The summed E-state index contributed by atoms with van der Waals surface area (Å²) in [7, 11) is 1.68. The van der Waals surface area contributed by atoms with E-state index < -0.39 is 5.82 Å². The number of hydrogen-bond acceptors (Lipinski definition) is 4. The van der Waals surface area contributed by atoms with Gasteiger partial charge in [0.05, 0.1) is 12.1 Å². The Bertz CT molecular complexity index is 527. The molecule has 2 aromatic rings. The van der Waals surface area contributed by atoms with Crippen LogP contribution in [0.3, 0.4) is 0 Å². The highest BCUT2D eigenvalue weighted by molar-refractivity contribution is 6.30. The van der Waals surface area contributed by atoms with Crippen molar-refractivity contribution < 1.29 is 4.39 Å². The molecule has 0 aliphatic rings. The molecular formula is C10H11ClFN5. The molecule has 0 radical (unpaired) electrons. The third kappa shape index (κ3) is 2.78. The van der Waals surface area contributed by atoms with Gasteiger partial charge < -0.3 is 5.73 Å². The molecule has 0 fully saturated rings. The third-order valence-corrected chi connectivity index (χ3v) is 2.61. The summed E-state index contributed by atoms with van der Waals surface area (Å²) >= 11 is 5.69. The van der Waals surface area contributed by atoms with E-state index >= 15 is 0 Å². The van der Waals surface area contributed by atoms with Crippen LogP contribution in [0, 0.1) is 5.82 Å². The average molecular weight is 256 g/mol. The molecule has 90 valence electrons. The van der Waals surface area contributed by atoms with Crippen LogP contribution in [0.15, 0.2) is 18.2 Å². The number of nitrogens with zero attached hydrogens (tertiary/aromatic N) is 4. The van der Waals surface area contributed by atoms with Crippen molar-refractivity contribution in [1.82, 2.24) is 20.2 Å². The van der Waals surface area contributed by atoms with Crippen molar-refractivity contribution in [3.63, 3.8) is 0 Å². The summed E-state index contributed by atoms with van der Waals surface area (Å²) in [6, 6.07) is 4.07. The zero-order chi connectivity index (χ0) is 12.4. The Balaban J connectivity index is 2.14. The number of benzene rings is 1. The van der Waals surface area contributed by atoms with Crippen molar-refractivity contribution in [2.45, 2.75) is 12.5 Å². The van der Waals surface area contributed by atoms with Gasteiger partial charge >= 0.3 is 0 Å². The van der Waals surface area contributed by atoms with Crippen molar-refractivity contribution in [3.05, 3.63) is 40.4 Å². The zero-order valence-electron chi connectivity index (χ0n) is 9.14. The summed E-state index contributed by atoms with van der Waals surface area (Å²) in [6.07, 6.45) is 0.426. The Hall–Kier alpha value is -1.53. The first-order chi connectivity index (χ1) is 8.06. The zero-order valence-corrected chi connectivity index (χ0v) is 9.89. The van der Waals surface area contributed by atoms with E-state index in [1.54, 1.807) is 13.1 Å². The van der Waals surface area contributed by atoms with Crippen LogP contribution in [-0.4, -0.2) is 20.2 Å². The fraction of sp³-hybridized carbons (Fsp3) is 0.300. The van der Waals surface area contributed by atoms with Crippen LogP contribution in [0.25, 0.3) is 0 Å². The van der Waals surface area contributed by atoms with Crippen LogP contribution in [0.4, 0.5) is 4.39 Å². The van der Waals surface area contributed by atoms with Gasteiger partial charge in [-0.15, -0.1) is 10.2 Å². The summed E-state index contributed by atoms with van der Waals surface area (Å²) in [6.45, 7) is 0. The van der Waals surface area contributed by atoms with Gasteiger partial charge in [0, 0.05) is 12.5 Å². The molecule has 1 heterocycles. The number of aromatic nitrogens is 4. The van der Waals surface area contributed by atoms with Crippen LogP contribution in [0.2, 0.25) is 5.02 Å². The molecule has 2 N–H and O–H groups in total. The predicted molar refractivity (Wildman–Crippen MR) is 60.8 cm³/mol. The summed E-state index contributed by atoms with van der Waals surface area (Å²) in [5.74, 6) is 0.0840. The summed E-state index contributed by atoms with van der Waals surface area (Å²) in [5.41, 5.74) is 6.70. The molecule has 1 aromatic carbocycles. The quantitative estimate of drug-likeness (QED) is 0.896. The molecule has 7 heteroatoms. The van der Waals surface area contributed by atoms with Crippen LogP contribution in [0.1, 0.15) is 17.4 Å². The number of halogens is 2. The number of rotatable bonds is 3. The van der Waals surface area contributed by atoms with Gasteiger partial charge in [-0.05, 0) is 22.9 Å². The molecule has 0 bridgehead atoms. The number of hydrogen-bond donors (Lipinski definition) is 1. The minimum Gasteiger partial charge on any atom is -0.324 e. The molecule has 5 nitrogen and oxygen atoms in total. The van der Waals surface area contributed by atoms with E-state index in [0.29, 0.717) is 12.2 Å². The minimum absolute atomic E-state index is 0.0602. The van der Waals surface area contributed by atoms with Gasteiger partial charge in [0.2, 0.25) is 0 Å². The second-order valence-corrected chi connectivity index (χ2v) is 4.09. The average Bonchev–Trinajstić information content (AvgIpc) is 2.68. The molecule has 1 atom stereocenters. The lowest BCUT2D eigenvalue weighted by atomic mass is 10.0. The first-order valence-electron chi connectivity index (χ1n) is 4.99. The predicted octanol–water partition coefficient (Wildman–Crippen LogP) is 1.25. The number of tetrazole rings is 1. The number of nitrogens with two attached hydrogens (primary N) is 1. The van der Waals surface area contributed by atoms with E-state index in [9.17, 15) is 4.39 Å². The fourth-order valence-electron chi connectivity index (χ4n) is 1.46. The molecule has 2 rings (SSSR count). The minimum atomic E-state index is -0.458. The van der Waals surface area contributed by atoms with Crippen molar-refractivity contribution in [3.8, 4) is 0 Å². The van der Waals surface area contributed by atoms with Gasteiger partial charge in [-0.1, -0.05) is 17.7 Å². The van der Waals surface area contributed by atoms with Gasteiger partial charge in [0.15, 0.2) is 5.82 Å². The first kappa shape index (κ1) is 11.9. The lowest BCUT2D eigenvalue weighted by molar-refractivity contribution is 0.618. The van der Waals surface area contributed by atoms with Crippen LogP contribution in [-0.2, 0) is 13.5 Å². The Labute approximate surface area is 102 Å². The molecule has 1 unspecified atom stereocenters. The third-order valence-electron chi connectivity index (χ3n) is 2.32. The van der Waals surface area contributed by atoms with Gasteiger partial charge in [-0.3, -0.25) is 0 Å². The van der Waals surface area contributed by atoms with Crippen molar-refractivity contribution in [2.75, 3.05) is 0 Å². The van der Waals surface area contributed by atoms with Crippen molar-refractivity contribution in [1.29, 1.82) is 0 Å². The molecule has 0 aliphatic carbocycles. The summed E-state index contributed by atoms with van der Waals surface area (Å²) in [5, 5.41) is 11.6. The van der Waals surface area contributed by atoms with E-state index in [2.05, 4.69) is 15.4 Å². The summed E-state index contributed by atoms with van der Waals surface area (Å²) < 4.78 is 13.0. The smallest absolute Gasteiger partial charge is 0.176 e. The highest BCUT2D eigenvalue weighted by atomic mass is 35.5. The standard InChI is InChI=1S/C10H11ClFN5/c1-17-15-10(14-16-17)5-9(13)6-2-3-8(12)7(11)4-6/h2-4,9H,5,13H2,1H3. The maximum Gasteiger partial charge on any atom is 0.176 e. The van der Waals surface area contributed by atoms with Crippen LogP contribution >= 0.6 is 11.6 Å². The largest absolute Gasteiger partial charge is 0.324 e. The van der Waals surface area contributed by atoms with E-state index in [0.717, 1.165) is 5.56 Å². The SMILES string of the molecule is Cn1nnc(CC(N)c2ccc(F)c(Cl)c2)n1. The van der Waals surface area contributed by atoms with E-state index in [1.165, 1.54) is 16.9 Å². The van der Waals surface area contributed by atoms with Crippen molar-refractivity contribution >= 4 is 11.6 Å². The second-order valence-electron chi connectivity index (χ2n) is 3.68. The van der Waals surface area contributed by atoms with Gasteiger partial charge in [-0.2, -0.15) is 4.80 Å². The normalized spacial score (nSPS) is 12.7. The molecule has 17 heavy (non-hydrogen) atoms. The molecule has 0 saturated carbocycles. The van der Waals surface area contributed by atoms with E-state index in [-0.39, 0.29) is 11.1 Å². The molecule has 1 aromatic heterocycles. The topological polar surface area (TPSA) is 69.6 Å². The first-order valence-corrected chi connectivity index (χ1v) is 5.37. The highest BCUT2D eigenvalue weighted by Gasteiger charge is 2.12. The maximum atomic E-state index is 13.0. The van der Waals surface area contributed by atoms with Crippen LogP contribution in [0.5, 0.6) is 0 Å². The van der Waals surface area contributed by atoms with E-state index in [1.807, 2.05) is 0 Å². The highest BCUT2D eigenvalue weighted by Crippen LogP contribution is 2.21. The van der Waals surface area contributed by atoms with E-state index in [4.69, 9.17) is 17.3 Å². The maximum absolute atomic E-state index is 13.0. The Morgan fingerprint density at radius 2 is 2.29 bits per heavy atom. The Kier molecular flexibility index (Phi) is 3.35. The molecule has 0 amide bonds. The molecular weight excluding hydrogens is 245 g/mol. The van der Waals surface area contributed by atoms with Gasteiger partial charge in [0.25, 0.3) is 0 Å². The second kappa shape index (κ2) is 4.77. The monoisotopic (exact) mass is 255 g/mol. The lowest BCUT2D eigenvalue weighted by Gasteiger charge is -2.10. The molecule has 0 saturated heterocycles. The Morgan fingerprint density at radius 3 is 2.88 bits per heavy atom. The Morgan fingerprint density at radius 1 is 1.53 bits per heavy atom.